The van der Waals surface area contributed by atoms with Crippen molar-refractivity contribution in [3.8, 4) is 0 Å². The van der Waals surface area contributed by atoms with Gasteiger partial charge in [-0.05, 0) is 6.08 Å². The van der Waals surface area contributed by atoms with Crippen molar-refractivity contribution in [3.63, 3.8) is 0 Å². The second-order valence-corrected chi connectivity index (χ2v) is 3.70. The van der Waals surface area contributed by atoms with Crippen LogP contribution in [0, 0.1) is 11.5 Å². The summed E-state index contributed by atoms with van der Waals surface area (Å²) in [6.45, 7) is 5.78. The second-order valence-electron chi connectivity index (χ2n) is 3.70. The first-order valence-electron chi connectivity index (χ1n) is 3.52. The van der Waals surface area contributed by atoms with Crippen molar-refractivity contribution < 1.29 is 41.4 Å². The molecule has 4 heteroatoms. The summed E-state index contributed by atoms with van der Waals surface area (Å²) < 4.78 is 10.8. The van der Waals surface area contributed by atoms with Crippen molar-refractivity contribution in [3.05, 3.63) is 12.2 Å². The summed E-state index contributed by atoms with van der Waals surface area (Å²) in [5.41, 5.74) is 0.170. The van der Waals surface area contributed by atoms with Crippen LogP contribution in [0.3, 0.4) is 0 Å². The molecule has 12 heavy (non-hydrogen) atoms. The normalized spacial score (nSPS) is 27.2. The fraction of sp³-hybridized carbons (Fsp3) is 0.750. The van der Waals surface area contributed by atoms with Gasteiger partial charge in [0, 0.05) is 31.0 Å². The molecule has 1 saturated heterocycles. The van der Waals surface area contributed by atoms with E-state index in [1.165, 1.54) is 0 Å². The minimum Gasteiger partial charge on any atom is -1.00 e. The second kappa shape index (κ2) is 3.75. The van der Waals surface area contributed by atoms with Crippen molar-refractivity contribution in [2.75, 3.05) is 13.2 Å². The van der Waals surface area contributed by atoms with Crippen molar-refractivity contribution >= 4 is 0 Å². The molecule has 0 amide bonds. The van der Waals surface area contributed by atoms with Crippen LogP contribution >= 0.6 is 0 Å². The molecular weight excluding hydrogens is 229 g/mol. The maximum atomic E-state index is 5.40. The summed E-state index contributed by atoms with van der Waals surface area (Å²) in [7, 11) is 0. The molecule has 0 unspecified atom stereocenters. The van der Waals surface area contributed by atoms with E-state index in [1.807, 2.05) is 6.08 Å². The van der Waals surface area contributed by atoms with Gasteiger partial charge in [0.25, 0.3) is 0 Å². The predicted molar refractivity (Wildman–Crippen MR) is 36.2 cm³/mol. The third kappa shape index (κ3) is 2.53. The Labute approximate surface area is 91.9 Å². The molecule has 0 aromatic rings. The van der Waals surface area contributed by atoms with E-state index in [0.717, 1.165) is 13.2 Å². The van der Waals surface area contributed by atoms with E-state index in [-0.39, 0.29) is 37.3 Å². The summed E-state index contributed by atoms with van der Waals surface area (Å²) in [5, 5.41) is 0. The minimum absolute atomic E-state index is 0. The number of hydrogen-bond donors (Lipinski definition) is 0. The van der Waals surface area contributed by atoms with Crippen LogP contribution in [0.25, 0.3) is 0 Å². The van der Waals surface area contributed by atoms with Crippen LogP contribution in [-0.4, -0.2) is 19.0 Å². The SMILES string of the molecule is CC1(C)COC2([C]=C2)OC1.[Cl-].[Zn]. The molecule has 2 nitrogen and oxygen atoms in total. The number of rotatable bonds is 0. The Balaban J connectivity index is 0.000000605. The van der Waals surface area contributed by atoms with E-state index < -0.39 is 5.79 Å². The van der Waals surface area contributed by atoms with Crippen LogP contribution in [-0.2, 0) is 29.0 Å². The van der Waals surface area contributed by atoms with Crippen molar-refractivity contribution in [2.24, 2.45) is 5.41 Å². The summed E-state index contributed by atoms with van der Waals surface area (Å²) in [4.78, 5) is 0. The summed E-state index contributed by atoms with van der Waals surface area (Å²) in [6, 6.07) is 0. The van der Waals surface area contributed by atoms with Gasteiger partial charge in [0.05, 0.1) is 13.2 Å². The fourth-order valence-electron chi connectivity index (χ4n) is 0.914. The van der Waals surface area contributed by atoms with Crippen LogP contribution in [0.15, 0.2) is 6.08 Å². The third-order valence-electron chi connectivity index (χ3n) is 1.73. The molecule has 0 atom stereocenters. The first-order valence-corrected chi connectivity index (χ1v) is 3.52. The summed E-state index contributed by atoms with van der Waals surface area (Å²) in [5.74, 6) is -0.491. The van der Waals surface area contributed by atoms with Crippen LogP contribution in [0.2, 0.25) is 0 Å². The van der Waals surface area contributed by atoms with Gasteiger partial charge in [0.1, 0.15) is 0 Å². The Bertz CT molecular complexity index is 167. The van der Waals surface area contributed by atoms with Gasteiger partial charge in [-0.2, -0.15) is 0 Å². The number of halogens is 1. The molecule has 65 valence electrons. The van der Waals surface area contributed by atoms with Gasteiger partial charge >= 0.3 is 0 Å². The average molecular weight is 240 g/mol. The van der Waals surface area contributed by atoms with Crippen LogP contribution in [0.1, 0.15) is 13.8 Å². The monoisotopic (exact) mass is 238 g/mol. The molecule has 1 radical (unpaired) electrons. The quantitative estimate of drug-likeness (QED) is 0.462. The van der Waals surface area contributed by atoms with Crippen molar-refractivity contribution in [1.82, 2.24) is 0 Å². The average Bonchev–Trinajstić information content (AvgIpc) is 2.60. The molecule has 2 aliphatic rings. The zero-order valence-electron chi connectivity index (χ0n) is 7.39. The van der Waals surface area contributed by atoms with E-state index in [1.54, 1.807) is 0 Å². The van der Waals surface area contributed by atoms with Gasteiger partial charge in [-0.1, -0.05) is 13.8 Å². The predicted octanol–water partition coefficient (Wildman–Crippen LogP) is -1.87. The Morgan fingerprint density at radius 3 is 2.00 bits per heavy atom. The maximum absolute atomic E-state index is 5.40. The molecule has 0 aromatic heterocycles. The van der Waals surface area contributed by atoms with Gasteiger partial charge in [0.15, 0.2) is 0 Å². The van der Waals surface area contributed by atoms with E-state index in [9.17, 15) is 0 Å². The standard InChI is InChI=1S/C8H11O2.ClH.Zn/c1-7(2)5-9-8(3-4-8)10-6-7;;/h3H,5-6H2,1-2H3;1H;/p-1. The van der Waals surface area contributed by atoms with Gasteiger partial charge < -0.3 is 21.9 Å². The summed E-state index contributed by atoms with van der Waals surface area (Å²) in [6.07, 6.45) is 4.74. The van der Waals surface area contributed by atoms with Crippen molar-refractivity contribution in [2.45, 2.75) is 19.6 Å². The number of ether oxygens (including phenoxy) is 2. The molecule has 0 saturated carbocycles. The van der Waals surface area contributed by atoms with Gasteiger partial charge in [-0.3, -0.25) is 0 Å². The maximum Gasteiger partial charge on any atom is 0.216 e. The van der Waals surface area contributed by atoms with Crippen LogP contribution in [0.5, 0.6) is 0 Å². The first kappa shape index (κ1) is 12.6. The molecule has 0 N–H and O–H groups in total. The smallest absolute Gasteiger partial charge is 0.216 e. The Kier molecular flexibility index (Phi) is 3.93. The minimum atomic E-state index is -0.491. The zero-order chi connectivity index (χ0) is 7.24. The molecule has 1 aliphatic carbocycles. The molecule has 1 spiro atoms. The van der Waals surface area contributed by atoms with Crippen LogP contribution < -0.4 is 12.4 Å². The largest absolute Gasteiger partial charge is 1.00 e. The van der Waals surface area contributed by atoms with E-state index in [0.29, 0.717) is 0 Å². The molecule has 1 aliphatic heterocycles. The molecule has 0 bridgehead atoms. The Morgan fingerprint density at radius 2 is 1.67 bits per heavy atom. The topological polar surface area (TPSA) is 18.5 Å². The zero-order valence-corrected chi connectivity index (χ0v) is 11.1. The van der Waals surface area contributed by atoms with E-state index >= 15 is 0 Å². The first-order chi connectivity index (χ1) is 4.62. The fourth-order valence-corrected chi connectivity index (χ4v) is 0.914. The molecular formula is C8H11ClO2Zn-. The molecule has 1 heterocycles. The Morgan fingerprint density at radius 1 is 1.25 bits per heavy atom. The van der Waals surface area contributed by atoms with Gasteiger partial charge in [0.2, 0.25) is 5.79 Å². The van der Waals surface area contributed by atoms with Crippen LogP contribution in [0.4, 0.5) is 0 Å². The summed E-state index contributed by atoms with van der Waals surface area (Å²) >= 11 is 0. The third-order valence-corrected chi connectivity index (χ3v) is 1.73. The van der Waals surface area contributed by atoms with Gasteiger partial charge in [-0.15, -0.1) is 0 Å². The molecule has 1 fully saturated rings. The number of hydrogen-bond acceptors (Lipinski definition) is 2. The Hall–Kier alpha value is 0.573. The molecule has 0 aromatic carbocycles. The molecule has 2 rings (SSSR count). The van der Waals surface area contributed by atoms with Gasteiger partial charge in [-0.25, -0.2) is 0 Å². The van der Waals surface area contributed by atoms with E-state index in [4.69, 9.17) is 9.47 Å². The van der Waals surface area contributed by atoms with E-state index in [2.05, 4.69) is 19.9 Å². The van der Waals surface area contributed by atoms with Crippen molar-refractivity contribution in [1.29, 1.82) is 0 Å².